The highest BCUT2D eigenvalue weighted by Crippen LogP contribution is 2.22. The number of hydrogen-bond acceptors (Lipinski definition) is 4. The van der Waals surface area contributed by atoms with E-state index in [9.17, 15) is 4.79 Å². The Hall–Kier alpha value is -2.11. The molecule has 0 aliphatic heterocycles. The summed E-state index contributed by atoms with van der Waals surface area (Å²) in [6.45, 7) is 3.18. The van der Waals surface area contributed by atoms with Crippen molar-refractivity contribution in [3.63, 3.8) is 0 Å². The van der Waals surface area contributed by atoms with E-state index < -0.39 is 0 Å². The van der Waals surface area contributed by atoms with Gasteiger partial charge in [-0.15, -0.1) is 0 Å². The molecule has 0 spiro atoms. The van der Waals surface area contributed by atoms with E-state index in [0.29, 0.717) is 29.6 Å². The van der Waals surface area contributed by atoms with Gasteiger partial charge in [-0.2, -0.15) is 0 Å². The Kier molecular flexibility index (Phi) is 6.38. The third kappa shape index (κ3) is 5.23. The molecule has 1 heterocycles. The predicted octanol–water partition coefficient (Wildman–Crippen LogP) is 3.55. The fourth-order valence-corrected chi connectivity index (χ4v) is 2.25. The first kappa shape index (κ1) is 17.2. The number of halogens is 1. The van der Waals surface area contributed by atoms with Crippen molar-refractivity contribution < 1.29 is 9.53 Å². The molecule has 0 saturated carbocycles. The van der Waals surface area contributed by atoms with E-state index in [1.54, 1.807) is 25.4 Å². The maximum absolute atomic E-state index is 11.9. The number of benzene rings is 1. The molecule has 0 radical (unpaired) electrons. The third-order valence-electron chi connectivity index (χ3n) is 3.29. The second-order valence-corrected chi connectivity index (χ2v) is 5.56. The monoisotopic (exact) mass is 333 g/mol. The first-order chi connectivity index (χ1) is 11.1. The van der Waals surface area contributed by atoms with Crippen molar-refractivity contribution in [2.75, 3.05) is 25.6 Å². The van der Waals surface area contributed by atoms with Crippen LogP contribution in [0, 0.1) is 6.92 Å². The molecule has 5 nitrogen and oxygen atoms in total. The molecule has 0 fully saturated rings. The minimum Gasteiger partial charge on any atom is -0.385 e. The van der Waals surface area contributed by atoms with Crippen LogP contribution in [0.1, 0.15) is 22.3 Å². The van der Waals surface area contributed by atoms with E-state index in [1.807, 2.05) is 25.1 Å². The zero-order chi connectivity index (χ0) is 16.7. The third-order valence-corrected chi connectivity index (χ3v) is 3.52. The van der Waals surface area contributed by atoms with Crippen LogP contribution in [0.4, 0.5) is 11.5 Å². The Morgan fingerprint density at radius 1 is 1.30 bits per heavy atom. The molecule has 2 aromatic rings. The summed E-state index contributed by atoms with van der Waals surface area (Å²) in [5, 5.41) is 6.73. The Bertz CT molecular complexity index is 659. The number of carbonyl (C=O) groups is 1. The molecule has 1 amide bonds. The Labute approximate surface area is 141 Å². The van der Waals surface area contributed by atoms with Gasteiger partial charge in [-0.3, -0.25) is 4.79 Å². The van der Waals surface area contributed by atoms with Gasteiger partial charge in [0, 0.05) is 37.2 Å². The molecular weight excluding hydrogens is 314 g/mol. The molecule has 122 valence electrons. The van der Waals surface area contributed by atoms with E-state index in [-0.39, 0.29) is 5.91 Å². The minimum absolute atomic E-state index is 0.136. The summed E-state index contributed by atoms with van der Waals surface area (Å²) >= 11 is 5.94. The van der Waals surface area contributed by atoms with Crippen LogP contribution in [0.3, 0.4) is 0 Å². The van der Waals surface area contributed by atoms with Gasteiger partial charge in [0.15, 0.2) is 0 Å². The quantitative estimate of drug-likeness (QED) is 0.760. The van der Waals surface area contributed by atoms with E-state index in [4.69, 9.17) is 16.3 Å². The smallest absolute Gasteiger partial charge is 0.252 e. The van der Waals surface area contributed by atoms with Crippen LogP contribution in [-0.4, -0.2) is 31.2 Å². The van der Waals surface area contributed by atoms with Crippen LogP contribution in [-0.2, 0) is 4.74 Å². The zero-order valence-electron chi connectivity index (χ0n) is 13.2. The number of hydrogen-bond donors (Lipinski definition) is 2. The number of anilines is 2. The lowest BCUT2D eigenvalue weighted by molar-refractivity contribution is 0.0948. The maximum atomic E-state index is 11.9. The van der Waals surface area contributed by atoms with Crippen molar-refractivity contribution in [1.82, 2.24) is 10.3 Å². The summed E-state index contributed by atoms with van der Waals surface area (Å²) in [5.41, 5.74) is 2.48. The Morgan fingerprint density at radius 2 is 2.13 bits per heavy atom. The lowest BCUT2D eigenvalue weighted by Gasteiger charge is -2.10. The van der Waals surface area contributed by atoms with Gasteiger partial charge < -0.3 is 15.4 Å². The number of ether oxygens (including phenoxy) is 1. The maximum Gasteiger partial charge on any atom is 0.252 e. The van der Waals surface area contributed by atoms with Crippen LogP contribution in [0.25, 0.3) is 0 Å². The summed E-state index contributed by atoms with van der Waals surface area (Å²) in [4.78, 5) is 16.2. The number of nitrogens with zero attached hydrogens (tertiary/aromatic N) is 1. The van der Waals surface area contributed by atoms with Gasteiger partial charge in [-0.05, 0) is 49.2 Å². The van der Waals surface area contributed by atoms with E-state index in [2.05, 4.69) is 15.6 Å². The molecule has 1 aromatic heterocycles. The number of aromatic nitrogens is 1. The van der Waals surface area contributed by atoms with Crippen molar-refractivity contribution in [1.29, 1.82) is 0 Å². The molecule has 0 unspecified atom stereocenters. The highest BCUT2D eigenvalue weighted by molar-refractivity contribution is 6.30. The summed E-state index contributed by atoms with van der Waals surface area (Å²) in [5.74, 6) is 0.536. The van der Waals surface area contributed by atoms with Gasteiger partial charge in [0.25, 0.3) is 5.91 Å². The second-order valence-electron chi connectivity index (χ2n) is 5.12. The number of nitrogens with one attached hydrogen (secondary N) is 2. The lowest BCUT2D eigenvalue weighted by atomic mass is 10.2. The van der Waals surface area contributed by atoms with E-state index in [1.165, 1.54) is 0 Å². The van der Waals surface area contributed by atoms with Gasteiger partial charge in [0.2, 0.25) is 0 Å². The molecule has 0 atom stereocenters. The topological polar surface area (TPSA) is 63.2 Å². The van der Waals surface area contributed by atoms with Gasteiger partial charge in [-0.25, -0.2) is 4.98 Å². The van der Waals surface area contributed by atoms with Crippen molar-refractivity contribution in [2.24, 2.45) is 0 Å². The number of rotatable bonds is 7. The number of carbonyl (C=O) groups excluding carboxylic acids is 1. The Morgan fingerprint density at radius 3 is 2.78 bits per heavy atom. The molecule has 2 N–H and O–H groups in total. The highest BCUT2D eigenvalue weighted by Gasteiger charge is 2.06. The molecule has 0 bridgehead atoms. The predicted molar refractivity (Wildman–Crippen MR) is 92.5 cm³/mol. The van der Waals surface area contributed by atoms with Gasteiger partial charge >= 0.3 is 0 Å². The number of amides is 1. The van der Waals surface area contributed by atoms with Crippen LogP contribution in [0.15, 0.2) is 36.5 Å². The van der Waals surface area contributed by atoms with E-state index >= 15 is 0 Å². The highest BCUT2D eigenvalue weighted by atomic mass is 35.5. The van der Waals surface area contributed by atoms with Crippen LogP contribution in [0.5, 0.6) is 0 Å². The summed E-state index contributed by atoms with van der Waals surface area (Å²) in [6, 6.07) is 9.12. The fraction of sp³-hybridized carbons (Fsp3) is 0.294. The molecular formula is C17H20ClN3O2. The molecule has 6 heteroatoms. The summed E-state index contributed by atoms with van der Waals surface area (Å²) < 4.78 is 4.94. The summed E-state index contributed by atoms with van der Waals surface area (Å²) in [7, 11) is 1.64. The molecule has 0 aliphatic carbocycles. The normalized spacial score (nSPS) is 10.4. The molecule has 0 aliphatic rings. The molecule has 0 saturated heterocycles. The van der Waals surface area contributed by atoms with Crippen molar-refractivity contribution >= 4 is 29.0 Å². The van der Waals surface area contributed by atoms with E-state index in [0.717, 1.165) is 17.7 Å². The second kappa shape index (κ2) is 8.50. The van der Waals surface area contributed by atoms with Crippen LogP contribution < -0.4 is 10.6 Å². The first-order valence-electron chi connectivity index (χ1n) is 7.36. The average Bonchev–Trinajstić information content (AvgIpc) is 2.55. The number of methoxy groups -OCH3 is 1. The van der Waals surface area contributed by atoms with Crippen LogP contribution in [0.2, 0.25) is 5.02 Å². The molecule has 23 heavy (non-hydrogen) atoms. The largest absolute Gasteiger partial charge is 0.385 e. The zero-order valence-corrected chi connectivity index (χ0v) is 14.0. The molecule has 1 aromatic carbocycles. The Balaban J connectivity index is 1.95. The van der Waals surface area contributed by atoms with Crippen molar-refractivity contribution in [2.45, 2.75) is 13.3 Å². The molecule has 2 rings (SSSR count). The SMILES string of the molecule is COCCCNC(=O)c1ccc(Nc2ccc(Cl)cc2C)nc1. The summed E-state index contributed by atoms with van der Waals surface area (Å²) in [6.07, 6.45) is 2.34. The number of pyridine rings is 1. The standard InChI is InChI=1S/C17H20ClN3O2/c1-12-10-14(18)5-6-15(12)21-16-7-4-13(11-20-16)17(22)19-8-3-9-23-2/h4-7,10-11H,3,8-9H2,1-2H3,(H,19,22)(H,20,21). The van der Waals surface area contributed by atoms with Gasteiger partial charge in [-0.1, -0.05) is 11.6 Å². The number of aryl methyl sites for hydroxylation is 1. The van der Waals surface area contributed by atoms with Gasteiger partial charge in [0.1, 0.15) is 5.82 Å². The lowest BCUT2D eigenvalue weighted by Crippen LogP contribution is -2.25. The van der Waals surface area contributed by atoms with Crippen molar-refractivity contribution in [3.8, 4) is 0 Å². The first-order valence-corrected chi connectivity index (χ1v) is 7.74. The van der Waals surface area contributed by atoms with Gasteiger partial charge in [0.05, 0.1) is 5.56 Å². The van der Waals surface area contributed by atoms with Crippen molar-refractivity contribution in [3.05, 3.63) is 52.7 Å². The average molecular weight is 334 g/mol. The van der Waals surface area contributed by atoms with Crippen LogP contribution >= 0.6 is 11.6 Å². The fourth-order valence-electron chi connectivity index (χ4n) is 2.03. The minimum atomic E-state index is -0.136.